The van der Waals surface area contributed by atoms with Crippen LogP contribution in [0, 0.1) is 10.1 Å². The van der Waals surface area contributed by atoms with E-state index in [-0.39, 0.29) is 5.69 Å². The number of likely N-dealkylation sites (N-methyl/N-ethyl adjacent to an activating group) is 1. The summed E-state index contributed by atoms with van der Waals surface area (Å²) in [4.78, 5) is 33.3. The van der Waals surface area contributed by atoms with Gasteiger partial charge in [0, 0.05) is 18.7 Å². The number of ether oxygens (including phenoxy) is 1. The Kier molecular flexibility index (Phi) is 6.83. The Morgan fingerprint density at radius 3 is 2.58 bits per heavy atom. The molecule has 0 saturated heterocycles. The number of nitrogens with zero attached hydrogens (tertiary/aromatic N) is 1. The van der Waals surface area contributed by atoms with Crippen molar-refractivity contribution in [2.75, 3.05) is 11.9 Å². The molecule has 1 aromatic carbocycles. The molecule has 11 heteroatoms. The molecule has 0 radical (unpaired) electrons. The van der Waals surface area contributed by atoms with Gasteiger partial charge in [0.2, 0.25) is 5.91 Å². The van der Waals surface area contributed by atoms with Crippen LogP contribution in [0.2, 0.25) is 0 Å². The van der Waals surface area contributed by atoms with Crippen molar-refractivity contribution in [3.05, 3.63) is 28.3 Å². The molecule has 0 spiro atoms. The number of nitro groups is 1. The number of carbonyl (C=O) groups excluding carboxylic acids is 2. The molecular weight excluding hydrogens is 330 g/mol. The molecule has 3 N–H and O–H groups in total. The number of anilines is 1. The summed E-state index contributed by atoms with van der Waals surface area (Å²) in [5, 5.41) is 17.6. The summed E-state index contributed by atoms with van der Waals surface area (Å²) in [7, 11) is 0. The highest BCUT2D eigenvalue weighted by atomic mass is 19.3. The average molecular weight is 346 g/mol. The molecule has 1 atom stereocenters. The third kappa shape index (κ3) is 5.66. The van der Waals surface area contributed by atoms with Gasteiger partial charge in [-0.2, -0.15) is 8.78 Å². The van der Waals surface area contributed by atoms with Crippen LogP contribution in [-0.2, 0) is 4.79 Å². The van der Waals surface area contributed by atoms with E-state index < -0.39 is 41.0 Å². The Bertz CT molecular complexity index is 626. The lowest BCUT2D eigenvalue weighted by Gasteiger charge is -2.15. The van der Waals surface area contributed by atoms with Crippen molar-refractivity contribution < 1.29 is 28.0 Å². The summed E-state index contributed by atoms with van der Waals surface area (Å²) in [6.07, 6.45) is 0. The molecule has 0 aliphatic heterocycles. The van der Waals surface area contributed by atoms with Gasteiger partial charge in [0.1, 0.15) is 11.8 Å². The number of urea groups is 1. The second-order valence-corrected chi connectivity index (χ2v) is 4.53. The van der Waals surface area contributed by atoms with Crippen molar-refractivity contribution in [2.45, 2.75) is 26.5 Å². The molecule has 0 saturated carbocycles. The highest BCUT2D eigenvalue weighted by Gasteiger charge is 2.19. The first-order valence-corrected chi connectivity index (χ1v) is 6.83. The number of rotatable bonds is 7. The predicted molar refractivity (Wildman–Crippen MR) is 80.0 cm³/mol. The summed E-state index contributed by atoms with van der Waals surface area (Å²) in [5.74, 6) is -0.896. The molecule has 0 unspecified atom stereocenters. The quantitative estimate of drug-likeness (QED) is 0.513. The van der Waals surface area contributed by atoms with Gasteiger partial charge < -0.3 is 20.7 Å². The van der Waals surface area contributed by atoms with Crippen LogP contribution in [-0.4, -0.2) is 36.1 Å². The average Bonchev–Trinajstić information content (AvgIpc) is 2.48. The number of amides is 3. The summed E-state index contributed by atoms with van der Waals surface area (Å²) in [5.41, 5.74) is -0.756. The zero-order chi connectivity index (χ0) is 18.3. The van der Waals surface area contributed by atoms with Gasteiger partial charge in [-0.05, 0) is 19.9 Å². The van der Waals surface area contributed by atoms with Gasteiger partial charge in [-0.25, -0.2) is 4.79 Å². The first-order valence-electron chi connectivity index (χ1n) is 6.83. The standard InChI is InChI=1S/C13H16F2N4O5/c1-3-16-11(20)7(2)17-13(21)18-9-6-8(19(22)23)4-5-10(9)24-12(14)15/h4-7,12H,3H2,1-2H3,(H,16,20)(H2,17,18,21)/t7-/m1/s1. The van der Waals surface area contributed by atoms with Crippen LogP contribution in [0.25, 0.3) is 0 Å². The number of benzene rings is 1. The Morgan fingerprint density at radius 1 is 1.38 bits per heavy atom. The van der Waals surface area contributed by atoms with Crippen LogP contribution in [0.5, 0.6) is 5.75 Å². The Morgan fingerprint density at radius 2 is 2.04 bits per heavy atom. The Labute approximate surface area is 135 Å². The highest BCUT2D eigenvalue weighted by molar-refractivity contribution is 5.94. The van der Waals surface area contributed by atoms with Gasteiger partial charge in [-0.1, -0.05) is 0 Å². The third-order valence-electron chi connectivity index (χ3n) is 2.73. The van der Waals surface area contributed by atoms with Crippen molar-refractivity contribution in [1.29, 1.82) is 0 Å². The lowest BCUT2D eigenvalue weighted by atomic mass is 10.2. The minimum atomic E-state index is -3.18. The zero-order valence-corrected chi connectivity index (χ0v) is 12.8. The fourth-order valence-electron chi connectivity index (χ4n) is 1.68. The van der Waals surface area contributed by atoms with E-state index in [9.17, 15) is 28.5 Å². The van der Waals surface area contributed by atoms with Gasteiger partial charge in [-0.15, -0.1) is 0 Å². The summed E-state index contributed by atoms with van der Waals surface area (Å²) in [6.45, 7) is 0.296. The number of non-ortho nitro benzene ring substituents is 1. The van der Waals surface area contributed by atoms with Crippen molar-refractivity contribution in [3.8, 4) is 5.75 Å². The third-order valence-corrected chi connectivity index (χ3v) is 2.73. The molecule has 9 nitrogen and oxygen atoms in total. The molecule has 24 heavy (non-hydrogen) atoms. The minimum absolute atomic E-state index is 0.329. The molecule has 132 valence electrons. The van der Waals surface area contributed by atoms with Crippen LogP contribution >= 0.6 is 0 Å². The van der Waals surface area contributed by atoms with Gasteiger partial charge in [0.25, 0.3) is 5.69 Å². The minimum Gasteiger partial charge on any atom is -0.433 e. The zero-order valence-electron chi connectivity index (χ0n) is 12.8. The number of nitro benzene ring substituents is 1. The second kappa shape index (κ2) is 8.60. The van der Waals surface area contributed by atoms with E-state index in [0.29, 0.717) is 6.54 Å². The monoisotopic (exact) mass is 346 g/mol. The van der Waals surface area contributed by atoms with E-state index in [2.05, 4.69) is 20.7 Å². The highest BCUT2D eigenvalue weighted by Crippen LogP contribution is 2.30. The normalized spacial score (nSPS) is 11.5. The molecule has 1 aromatic rings. The van der Waals surface area contributed by atoms with Crippen molar-refractivity contribution in [2.24, 2.45) is 0 Å². The van der Waals surface area contributed by atoms with Crippen LogP contribution in [0.1, 0.15) is 13.8 Å². The number of nitrogens with one attached hydrogen (secondary N) is 3. The fraction of sp³-hybridized carbons (Fsp3) is 0.385. The number of hydrogen-bond acceptors (Lipinski definition) is 5. The lowest BCUT2D eigenvalue weighted by Crippen LogP contribution is -2.46. The second-order valence-electron chi connectivity index (χ2n) is 4.53. The maximum Gasteiger partial charge on any atom is 0.387 e. The Hall–Kier alpha value is -2.98. The lowest BCUT2D eigenvalue weighted by molar-refractivity contribution is -0.384. The van der Waals surface area contributed by atoms with E-state index in [0.717, 1.165) is 18.2 Å². The molecule has 0 aliphatic carbocycles. The number of alkyl halides is 2. The maximum absolute atomic E-state index is 12.4. The van der Waals surface area contributed by atoms with E-state index >= 15 is 0 Å². The maximum atomic E-state index is 12.4. The van der Waals surface area contributed by atoms with E-state index in [1.165, 1.54) is 6.92 Å². The van der Waals surface area contributed by atoms with E-state index in [1.54, 1.807) is 6.92 Å². The predicted octanol–water partition coefficient (Wildman–Crippen LogP) is 1.84. The van der Waals surface area contributed by atoms with E-state index in [1.807, 2.05) is 0 Å². The van der Waals surface area contributed by atoms with Gasteiger partial charge in [0.15, 0.2) is 0 Å². The van der Waals surface area contributed by atoms with Crippen LogP contribution in [0.4, 0.5) is 25.0 Å². The van der Waals surface area contributed by atoms with Gasteiger partial charge in [0.05, 0.1) is 10.6 Å². The topological polar surface area (TPSA) is 123 Å². The summed E-state index contributed by atoms with van der Waals surface area (Å²) < 4.78 is 28.9. The largest absolute Gasteiger partial charge is 0.433 e. The van der Waals surface area contributed by atoms with Crippen LogP contribution in [0.3, 0.4) is 0 Å². The van der Waals surface area contributed by atoms with E-state index in [4.69, 9.17) is 0 Å². The molecule has 1 rings (SSSR count). The molecule has 0 bridgehead atoms. The number of carbonyl (C=O) groups is 2. The van der Waals surface area contributed by atoms with Crippen molar-refractivity contribution in [3.63, 3.8) is 0 Å². The summed E-state index contributed by atoms with van der Waals surface area (Å²) >= 11 is 0. The van der Waals surface area contributed by atoms with Crippen LogP contribution < -0.4 is 20.7 Å². The smallest absolute Gasteiger partial charge is 0.387 e. The number of halogens is 2. The molecular formula is C13H16F2N4O5. The SMILES string of the molecule is CCNC(=O)[C@@H](C)NC(=O)Nc1cc([N+](=O)[O-])ccc1OC(F)F. The molecule has 0 fully saturated rings. The molecule has 0 aromatic heterocycles. The first kappa shape index (κ1) is 19.1. The fourth-order valence-corrected chi connectivity index (χ4v) is 1.68. The number of hydrogen-bond donors (Lipinski definition) is 3. The molecule has 3 amide bonds. The first-order chi connectivity index (χ1) is 11.2. The summed E-state index contributed by atoms with van der Waals surface area (Å²) in [6, 6.07) is 0.954. The van der Waals surface area contributed by atoms with Crippen LogP contribution in [0.15, 0.2) is 18.2 Å². The van der Waals surface area contributed by atoms with Crippen molar-refractivity contribution >= 4 is 23.3 Å². The van der Waals surface area contributed by atoms with Crippen molar-refractivity contribution in [1.82, 2.24) is 10.6 Å². The van der Waals surface area contributed by atoms with Gasteiger partial charge in [-0.3, -0.25) is 14.9 Å². The molecule has 0 heterocycles. The Balaban J connectivity index is 2.90. The van der Waals surface area contributed by atoms with Gasteiger partial charge >= 0.3 is 12.6 Å². The molecule has 0 aliphatic rings.